The molecule has 1 N–H and O–H groups in total. The minimum Gasteiger partial charge on any atom is -0.487 e. The average Bonchev–Trinajstić information content (AvgIpc) is 2.38. The number of aryl methyl sites for hydroxylation is 2. The Hall–Kier alpha value is -2.36. The molecule has 2 aromatic rings. The molecule has 0 radical (unpaired) electrons. The Morgan fingerprint density at radius 3 is 2.47 bits per heavy atom. The minimum atomic E-state index is -0.928. The van der Waals surface area contributed by atoms with Gasteiger partial charge in [-0.2, -0.15) is 0 Å². The fraction of sp³-hybridized carbons (Fsp3) is 0.200. The maximum Gasteiger partial charge on any atom is 0.335 e. The van der Waals surface area contributed by atoms with Crippen molar-refractivity contribution >= 4 is 5.97 Å². The molecular formula is C15H15NO3. The fourth-order valence-electron chi connectivity index (χ4n) is 1.93. The predicted octanol–water partition coefficient (Wildman–Crippen LogP) is 2.98. The number of carboxylic acids is 1. The first-order chi connectivity index (χ1) is 9.08. The molecule has 0 unspecified atom stereocenters. The smallest absolute Gasteiger partial charge is 0.335 e. The van der Waals surface area contributed by atoms with Gasteiger partial charge in [-0.1, -0.05) is 6.07 Å². The van der Waals surface area contributed by atoms with Gasteiger partial charge < -0.3 is 9.84 Å². The lowest BCUT2D eigenvalue weighted by atomic mass is 10.1. The molecule has 1 heterocycles. The van der Waals surface area contributed by atoms with Crippen LogP contribution < -0.4 is 4.74 Å². The second kappa shape index (κ2) is 5.52. The van der Waals surface area contributed by atoms with Crippen molar-refractivity contribution in [3.63, 3.8) is 0 Å². The summed E-state index contributed by atoms with van der Waals surface area (Å²) in [6.07, 6.45) is 1.71. The molecule has 19 heavy (non-hydrogen) atoms. The van der Waals surface area contributed by atoms with Crippen LogP contribution in [0.4, 0.5) is 0 Å². The zero-order valence-electron chi connectivity index (χ0n) is 10.9. The van der Waals surface area contributed by atoms with E-state index in [1.807, 2.05) is 32.0 Å². The Morgan fingerprint density at radius 2 is 1.95 bits per heavy atom. The minimum absolute atomic E-state index is 0.278. The summed E-state index contributed by atoms with van der Waals surface area (Å²) < 4.78 is 5.73. The van der Waals surface area contributed by atoms with Crippen molar-refractivity contribution in [3.05, 3.63) is 58.9 Å². The summed E-state index contributed by atoms with van der Waals surface area (Å²) in [5, 5.41) is 8.98. The number of carbonyl (C=O) groups is 1. The number of carboxylic acid groups (broad SMARTS) is 1. The van der Waals surface area contributed by atoms with Gasteiger partial charge in [-0.05, 0) is 49.2 Å². The van der Waals surface area contributed by atoms with E-state index >= 15 is 0 Å². The fourth-order valence-corrected chi connectivity index (χ4v) is 1.93. The van der Waals surface area contributed by atoms with Gasteiger partial charge in [-0.15, -0.1) is 0 Å². The molecule has 1 aromatic carbocycles. The number of benzene rings is 1. The SMILES string of the molecule is Cc1cc(C(=O)O)cc(C)c1OCc1ccccn1. The predicted molar refractivity (Wildman–Crippen MR) is 71.4 cm³/mol. The number of aromatic nitrogens is 1. The summed E-state index contributed by atoms with van der Waals surface area (Å²) in [6, 6.07) is 8.86. The number of nitrogens with zero attached hydrogens (tertiary/aromatic N) is 1. The van der Waals surface area contributed by atoms with Crippen LogP contribution in [0.25, 0.3) is 0 Å². The molecular weight excluding hydrogens is 242 g/mol. The van der Waals surface area contributed by atoms with Gasteiger partial charge in [0.25, 0.3) is 0 Å². The maximum absolute atomic E-state index is 10.9. The Morgan fingerprint density at radius 1 is 1.26 bits per heavy atom. The van der Waals surface area contributed by atoms with Gasteiger partial charge in [-0.25, -0.2) is 4.79 Å². The van der Waals surface area contributed by atoms with Crippen molar-refractivity contribution in [2.75, 3.05) is 0 Å². The van der Waals surface area contributed by atoms with E-state index in [2.05, 4.69) is 4.98 Å². The van der Waals surface area contributed by atoms with E-state index in [0.29, 0.717) is 6.61 Å². The zero-order chi connectivity index (χ0) is 13.8. The van der Waals surface area contributed by atoms with Crippen LogP contribution in [0.5, 0.6) is 5.75 Å². The number of hydrogen-bond acceptors (Lipinski definition) is 3. The van der Waals surface area contributed by atoms with Gasteiger partial charge in [0.15, 0.2) is 0 Å². The van der Waals surface area contributed by atoms with Crippen molar-refractivity contribution in [3.8, 4) is 5.75 Å². The maximum atomic E-state index is 10.9. The third-order valence-electron chi connectivity index (χ3n) is 2.80. The van der Waals surface area contributed by atoms with E-state index < -0.39 is 5.97 Å². The lowest BCUT2D eigenvalue weighted by molar-refractivity contribution is 0.0696. The number of hydrogen-bond donors (Lipinski definition) is 1. The van der Waals surface area contributed by atoms with Crippen molar-refractivity contribution in [2.45, 2.75) is 20.5 Å². The van der Waals surface area contributed by atoms with Gasteiger partial charge in [0.2, 0.25) is 0 Å². The molecule has 0 aliphatic rings. The highest BCUT2D eigenvalue weighted by Gasteiger charge is 2.10. The Labute approximate surface area is 111 Å². The molecule has 4 nitrogen and oxygen atoms in total. The first kappa shape index (κ1) is 13.1. The van der Waals surface area contributed by atoms with Crippen LogP contribution in [0.1, 0.15) is 27.2 Å². The zero-order valence-corrected chi connectivity index (χ0v) is 10.9. The Bertz CT molecular complexity index is 571. The van der Waals surface area contributed by atoms with Gasteiger partial charge >= 0.3 is 5.97 Å². The summed E-state index contributed by atoms with van der Waals surface area (Å²) in [7, 11) is 0. The van der Waals surface area contributed by atoms with Crippen LogP contribution in [-0.4, -0.2) is 16.1 Å². The number of aromatic carboxylic acids is 1. The standard InChI is InChI=1S/C15H15NO3/c1-10-7-12(15(17)18)8-11(2)14(10)19-9-13-5-3-4-6-16-13/h3-8H,9H2,1-2H3,(H,17,18). The Balaban J connectivity index is 2.19. The molecule has 0 atom stereocenters. The lowest BCUT2D eigenvalue weighted by Gasteiger charge is -2.12. The first-order valence-electron chi connectivity index (χ1n) is 5.95. The van der Waals surface area contributed by atoms with Crippen LogP contribution in [0.3, 0.4) is 0 Å². The summed E-state index contributed by atoms with van der Waals surface area (Å²) in [5.41, 5.74) is 2.74. The summed E-state index contributed by atoms with van der Waals surface area (Å²) in [6.45, 7) is 4.05. The van der Waals surface area contributed by atoms with Crippen LogP contribution in [0.15, 0.2) is 36.5 Å². The Kier molecular flexibility index (Phi) is 3.80. The van der Waals surface area contributed by atoms with Gasteiger partial charge in [-0.3, -0.25) is 4.98 Å². The van der Waals surface area contributed by atoms with Crippen LogP contribution in [0.2, 0.25) is 0 Å². The molecule has 2 rings (SSSR count). The highest BCUT2D eigenvalue weighted by atomic mass is 16.5. The van der Waals surface area contributed by atoms with Crippen LogP contribution in [0, 0.1) is 13.8 Å². The molecule has 98 valence electrons. The van der Waals surface area contributed by atoms with Crippen LogP contribution in [-0.2, 0) is 6.61 Å². The molecule has 0 bridgehead atoms. The number of rotatable bonds is 4. The van der Waals surface area contributed by atoms with Crippen molar-refractivity contribution < 1.29 is 14.6 Å². The van der Waals surface area contributed by atoms with Gasteiger partial charge in [0, 0.05) is 6.20 Å². The quantitative estimate of drug-likeness (QED) is 0.914. The second-order valence-electron chi connectivity index (χ2n) is 4.35. The average molecular weight is 257 g/mol. The third kappa shape index (κ3) is 3.10. The molecule has 4 heteroatoms. The van der Waals surface area contributed by atoms with Crippen LogP contribution >= 0.6 is 0 Å². The molecule has 0 aliphatic carbocycles. The van der Waals surface area contributed by atoms with Crippen molar-refractivity contribution in [1.82, 2.24) is 4.98 Å². The van der Waals surface area contributed by atoms with E-state index in [9.17, 15) is 4.79 Å². The second-order valence-corrected chi connectivity index (χ2v) is 4.35. The molecule has 0 saturated carbocycles. The molecule has 0 saturated heterocycles. The van der Waals surface area contributed by atoms with E-state index in [-0.39, 0.29) is 5.56 Å². The van der Waals surface area contributed by atoms with E-state index in [1.165, 1.54) is 0 Å². The highest BCUT2D eigenvalue weighted by molar-refractivity contribution is 5.88. The number of ether oxygens (including phenoxy) is 1. The summed E-state index contributed by atoms with van der Waals surface area (Å²) in [4.78, 5) is 15.1. The topological polar surface area (TPSA) is 59.4 Å². The number of pyridine rings is 1. The molecule has 0 spiro atoms. The normalized spacial score (nSPS) is 10.2. The van der Waals surface area contributed by atoms with Gasteiger partial charge in [0.05, 0.1) is 11.3 Å². The van der Waals surface area contributed by atoms with E-state index in [4.69, 9.17) is 9.84 Å². The van der Waals surface area contributed by atoms with E-state index in [1.54, 1.807) is 18.3 Å². The first-order valence-corrected chi connectivity index (χ1v) is 5.95. The third-order valence-corrected chi connectivity index (χ3v) is 2.80. The largest absolute Gasteiger partial charge is 0.487 e. The monoisotopic (exact) mass is 257 g/mol. The molecule has 1 aromatic heterocycles. The molecule has 0 amide bonds. The lowest BCUT2D eigenvalue weighted by Crippen LogP contribution is -2.03. The van der Waals surface area contributed by atoms with E-state index in [0.717, 1.165) is 22.6 Å². The molecule has 0 fully saturated rings. The molecule has 0 aliphatic heterocycles. The summed E-state index contributed by atoms with van der Waals surface area (Å²) in [5.74, 6) is -0.210. The van der Waals surface area contributed by atoms with Gasteiger partial charge in [0.1, 0.15) is 12.4 Å². The van der Waals surface area contributed by atoms with Crippen molar-refractivity contribution in [1.29, 1.82) is 0 Å². The highest BCUT2D eigenvalue weighted by Crippen LogP contribution is 2.25. The summed E-state index contributed by atoms with van der Waals surface area (Å²) >= 11 is 0. The van der Waals surface area contributed by atoms with Crippen molar-refractivity contribution in [2.24, 2.45) is 0 Å².